The van der Waals surface area contributed by atoms with E-state index in [1.807, 2.05) is 18.2 Å². The van der Waals surface area contributed by atoms with Crippen molar-refractivity contribution in [1.29, 1.82) is 0 Å². The first-order valence-electron chi connectivity index (χ1n) is 6.18. The van der Waals surface area contributed by atoms with Crippen LogP contribution in [0.15, 0.2) is 54.6 Å². The summed E-state index contributed by atoms with van der Waals surface area (Å²) < 4.78 is 5.64. The summed E-state index contributed by atoms with van der Waals surface area (Å²) in [4.78, 5) is 10.2. The molecule has 0 bridgehead atoms. The van der Waals surface area contributed by atoms with E-state index in [0.29, 0.717) is 0 Å². The molecule has 0 saturated carbocycles. The van der Waals surface area contributed by atoms with E-state index in [9.17, 15) is 10.1 Å². The van der Waals surface area contributed by atoms with Crippen LogP contribution in [0.25, 0.3) is 0 Å². The summed E-state index contributed by atoms with van der Waals surface area (Å²) in [6.07, 6.45) is 1.13. The smallest absolute Gasteiger partial charge is 0.269 e. The summed E-state index contributed by atoms with van der Waals surface area (Å²) in [6, 6.07) is 16.8. The molecule has 0 spiro atoms. The number of rotatable bonds is 4. The molecule has 0 amide bonds. The summed E-state index contributed by atoms with van der Waals surface area (Å²) in [6.45, 7) is 0. The van der Waals surface area contributed by atoms with Crippen LogP contribution in [0, 0.1) is 10.1 Å². The first-order chi connectivity index (χ1) is 9.24. The predicted molar refractivity (Wildman–Crippen MR) is 70.9 cm³/mol. The molecule has 2 aromatic carbocycles. The van der Waals surface area contributed by atoms with Gasteiger partial charge in [-0.3, -0.25) is 10.1 Å². The van der Waals surface area contributed by atoms with E-state index in [2.05, 4.69) is 12.1 Å². The Hall–Kier alpha value is -2.20. The average Bonchev–Trinajstić information content (AvgIpc) is 3.19. The molecule has 1 fully saturated rings. The standard InChI is InChI=1S/C15H13NO3/c17-16(18)13-8-6-12(7-9-13)15-14(19-15)10-11-4-2-1-3-5-11/h1-9,14-15H,10H2/t14-,15-/m0/s1/i19+2. The molecule has 1 aliphatic heterocycles. The van der Waals surface area contributed by atoms with Crippen LogP contribution >= 0.6 is 0 Å². The van der Waals surface area contributed by atoms with Gasteiger partial charge in [-0.2, -0.15) is 0 Å². The number of hydrogen-bond donors (Lipinski definition) is 0. The number of hydrogen-bond acceptors (Lipinski definition) is 3. The normalized spacial score (nSPS) is 21.1. The molecule has 1 heterocycles. The third kappa shape index (κ3) is 2.63. The molecule has 0 unspecified atom stereocenters. The van der Waals surface area contributed by atoms with Crippen LogP contribution in [0.5, 0.6) is 0 Å². The van der Waals surface area contributed by atoms with Crippen molar-refractivity contribution in [3.63, 3.8) is 0 Å². The molecule has 2 aromatic rings. The molecule has 4 nitrogen and oxygen atoms in total. The van der Waals surface area contributed by atoms with Crippen molar-refractivity contribution in [3.8, 4) is 0 Å². The van der Waals surface area contributed by atoms with E-state index in [-0.39, 0.29) is 22.8 Å². The summed E-state index contributed by atoms with van der Waals surface area (Å²) in [5.74, 6) is 0. The summed E-state index contributed by atoms with van der Waals surface area (Å²) in [5.41, 5.74) is 2.37. The number of nitro benzene ring substituents is 1. The van der Waals surface area contributed by atoms with Gasteiger partial charge in [0.2, 0.25) is 0 Å². The Morgan fingerprint density at radius 2 is 1.74 bits per heavy atom. The lowest BCUT2D eigenvalue weighted by molar-refractivity contribution is -0.384. The molecule has 3 rings (SSSR count). The molecule has 0 aromatic heterocycles. The van der Waals surface area contributed by atoms with E-state index in [1.165, 1.54) is 17.7 Å². The van der Waals surface area contributed by atoms with Crippen molar-refractivity contribution in [2.24, 2.45) is 0 Å². The predicted octanol–water partition coefficient (Wildman–Crippen LogP) is 3.28. The Morgan fingerprint density at radius 1 is 1.05 bits per heavy atom. The van der Waals surface area contributed by atoms with Crippen LogP contribution in [0.3, 0.4) is 0 Å². The highest BCUT2D eigenvalue weighted by molar-refractivity contribution is 5.35. The third-order valence-electron chi connectivity index (χ3n) is 3.29. The Bertz CT molecular complexity index is 580. The minimum Gasteiger partial charge on any atom is -0.364 e. The van der Waals surface area contributed by atoms with Gasteiger partial charge in [0, 0.05) is 18.6 Å². The number of nitrogens with zero attached hydrogens (tertiary/aromatic N) is 1. The second kappa shape index (κ2) is 4.82. The molecule has 4 heteroatoms. The van der Waals surface area contributed by atoms with E-state index >= 15 is 0 Å². The van der Waals surface area contributed by atoms with Gasteiger partial charge in [0.15, 0.2) is 0 Å². The Morgan fingerprint density at radius 3 is 2.37 bits per heavy atom. The molecular formula is C15H13NO3. The lowest BCUT2D eigenvalue weighted by atomic mass is 10.0. The van der Waals surface area contributed by atoms with Gasteiger partial charge >= 0.3 is 0 Å². The molecule has 1 aliphatic rings. The SMILES string of the molecule is O=[N+]([O-])c1ccc([C@@H]2[18O][C@H]2Cc2ccccc2)cc1. The Kier molecular flexibility index (Phi) is 3.01. The minimum atomic E-state index is -0.390. The van der Waals surface area contributed by atoms with Gasteiger partial charge in [0.1, 0.15) is 6.10 Å². The molecule has 1 saturated heterocycles. The fourth-order valence-electron chi connectivity index (χ4n) is 2.22. The molecule has 0 aliphatic carbocycles. The van der Waals surface area contributed by atoms with Crippen molar-refractivity contribution in [2.45, 2.75) is 18.6 Å². The van der Waals surface area contributed by atoms with Crippen LogP contribution in [-0.4, -0.2) is 11.0 Å². The maximum absolute atomic E-state index is 10.6. The molecule has 0 N–H and O–H groups in total. The quantitative estimate of drug-likeness (QED) is 0.365. The maximum atomic E-state index is 10.6. The molecule has 0 radical (unpaired) electrons. The average molecular weight is 257 g/mol. The Balaban J connectivity index is 1.65. The highest BCUT2D eigenvalue weighted by atomic mass is 18.4. The largest absolute Gasteiger partial charge is 0.364 e. The number of ether oxygens (including phenoxy) is 1. The monoisotopic (exact) mass is 257 g/mol. The van der Waals surface area contributed by atoms with Crippen LogP contribution in [0.2, 0.25) is 0 Å². The van der Waals surface area contributed by atoms with Crippen LogP contribution in [0.1, 0.15) is 17.2 Å². The van der Waals surface area contributed by atoms with E-state index in [1.54, 1.807) is 12.1 Å². The maximum Gasteiger partial charge on any atom is 0.269 e. The van der Waals surface area contributed by atoms with Gasteiger partial charge in [-0.25, -0.2) is 0 Å². The summed E-state index contributed by atoms with van der Waals surface area (Å²) >= 11 is 0. The van der Waals surface area contributed by atoms with E-state index in [0.717, 1.165) is 12.0 Å². The number of non-ortho nitro benzene ring substituents is 1. The third-order valence-corrected chi connectivity index (χ3v) is 3.29. The molecular weight excluding hydrogens is 244 g/mol. The molecule has 19 heavy (non-hydrogen) atoms. The number of epoxide rings is 1. The van der Waals surface area contributed by atoms with Gasteiger partial charge in [0.25, 0.3) is 5.69 Å². The lowest BCUT2D eigenvalue weighted by Gasteiger charge is -1.98. The van der Waals surface area contributed by atoms with E-state index in [4.69, 9.17) is 4.74 Å². The zero-order valence-corrected chi connectivity index (χ0v) is 10.2. The zero-order valence-electron chi connectivity index (χ0n) is 10.2. The van der Waals surface area contributed by atoms with Crippen molar-refractivity contribution in [2.75, 3.05) is 0 Å². The molecule has 2 atom stereocenters. The first-order valence-corrected chi connectivity index (χ1v) is 6.18. The van der Waals surface area contributed by atoms with Crippen molar-refractivity contribution >= 4 is 5.69 Å². The van der Waals surface area contributed by atoms with Crippen molar-refractivity contribution < 1.29 is 9.66 Å². The zero-order chi connectivity index (χ0) is 13.2. The van der Waals surface area contributed by atoms with Crippen LogP contribution < -0.4 is 0 Å². The van der Waals surface area contributed by atoms with Crippen molar-refractivity contribution in [3.05, 3.63) is 75.8 Å². The van der Waals surface area contributed by atoms with Gasteiger partial charge in [-0.1, -0.05) is 30.3 Å². The van der Waals surface area contributed by atoms with Gasteiger partial charge in [0.05, 0.1) is 11.0 Å². The second-order valence-corrected chi connectivity index (χ2v) is 4.63. The van der Waals surface area contributed by atoms with Gasteiger partial charge in [-0.15, -0.1) is 0 Å². The lowest BCUT2D eigenvalue weighted by Crippen LogP contribution is -1.95. The fourth-order valence-corrected chi connectivity index (χ4v) is 2.22. The molecule has 96 valence electrons. The van der Waals surface area contributed by atoms with Crippen LogP contribution in [-0.2, 0) is 11.2 Å². The summed E-state index contributed by atoms with van der Waals surface area (Å²) in [7, 11) is 0. The van der Waals surface area contributed by atoms with E-state index < -0.39 is 0 Å². The van der Waals surface area contributed by atoms with Crippen molar-refractivity contribution in [1.82, 2.24) is 0 Å². The highest BCUT2D eigenvalue weighted by Crippen LogP contribution is 2.40. The Labute approximate surface area is 110 Å². The first kappa shape index (κ1) is 11.9. The second-order valence-electron chi connectivity index (χ2n) is 4.63. The fraction of sp³-hybridized carbons (Fsp3) is 0.200. The minimum absolute atomic E-state index is 0.0704. The number of nitro groups is 1. The van der Waals surface area contributed by atoms with Crippen LogP contribution in [0.4, 0.5) is 5.69 Å². The number of benzene rings is 2. The van der Waals surface area contributed by atoms with Gasteiger partial charge in [-0.05, 0) is 23.3 Å². The topological polar surface area (TPSA) is 55.7 Å². The summed E-state index contributed by atoms with van der Waals surface area (Å²) in [5, 5.41) is 10.6. The van der Waals surface area contributed by atoms with Gasteiger partial charge < -0.3 is 4.74 Å². The highest BCUT2D eigenvalue weighted by Gasteiger charge is 2.39.